The van der Waals surface area contributed by atoms with Gasteiger partial charge in [-0.05, 0) is 31.2 Å². The van der Waals surface area contributed by atoms with Crippen LogP contribution in [0.4, 0.5) is 5.69 Å². The molecule has 1 aliphatic heterocycles. The maximum Gasteiger partial charge on any atom is 0.0670 e. The Labute approximate surface area is 118 Å². The van der Waals surface area contributed by atoms with E-state index < -0.39 is 0 Å². The van der Waals surface area contributed by atoms with E-state index in [-0.39, 0.29) is 0 Å². The Morgan fingerprint density at radius 1 is 1.50 bits per heavy atom. The van der Waals surface area contributed by atoms with Gasteiger partial charge >= 0.3 is 0 Å². The van der Waals surface area contributed by atoms with Crippen molar-refractivity contribution < 1.29 is 4.74 Å². The van der Waals surface area contributed by atoms with Crippen molar-refractivity contribution in [3.8, 4) is 0 Å². The molecule has 4 heteroatoms. The molecule has 1 heterocycles. The van der Waals surface area contributed by atoms with Crippen molar-refractivity contribution in [1.29, 1.82) is 0 Å². The summed E-state index contributed by atoms with van der Waals surface area (Å²) in [4.78, 5) is 2.49. The highest BCUT2D eigenvalue weighted by Gasteiger charge is 2.23. The van der Waals surface area contributed by atoms with Crippen molar-refractivity contribution in [3.63, 3.8) is 0 Å². The molecule has 1 aromatic rings. The van der Waals surface area contributed by atoms with Crippen LogP contribution in [0.5, 0.6) is 0 Å². The number of nitrogens with zero attached hydrogens (tertiary/aromatic N) is 1. The Bertz CT molecular complexity index is 397. The Morgan fingerprint density at radius 2 is 2.33 bits per heavy atom. The van der Waals surface area contributed by atoms with E-state index >= 15 is 0 Å². The van der Waals surface area contributed by atoms with E-state index in [1.807, 2.05) is 7.05 Å². The van der Waals surface area contributed by atoms with Crippen molar-refractivity contribution in [2.24, 2.45) is 0 Å². The first-order valence-electron chi connectivity index (χ1n) is 6.53. The Morgan fingerprint density at radius 3 is 3.06 bits per heavy atom. The smallest absolute Gasteiger partial charge is 0.0670 e. The second kappa shape index (κ2) is 6.55. The van der Waals surface area contributed by atoms with Crippen LogP contribution in [0.3, 0.4) is 0 Å². The van der Waals surface area contributed by atoms with Gasteiger partial charge < -0.3 is 15.0 Å². The Balaban J connectivity index is 2.31. The van der Waals surface area contributed by atoms with Crippen molar-refractivity contribution in [3.05, 3.63) is 28.2 Å². The van der Waals surface area contributed by atoms with Crippen LogP contribution in [0.2, 0.25) is 0 Å². The number of rotatable bonds is 4. The van der Waals surface area contributed by atoms with Gasteiger partial charge in [0, 0.05) is 23.2 Å². The van der Waals surface area contributed by atoms with Gasteiger partial charge in [0.15, 0.2) is 0 Å². The fourth-order valence-electron chi connectivity index (χ4n) is 2.45. The highest BCUT2D eigenvalue weighted by atomic mass is 79.9. The molecule has 0 aliphatic carbocycles. The average molecular weight is 313 g/mol. The molecule has 1 fully saturated rings. The minimum atomic E-state index is 0.489. The molecule has 18 heavy (non-hydrogen) atoms. The predicted octanol–water partition coefficient (Wildman–Crippen LogP) is 2.78. The molecule has 0 aromatic heterocycles. The maximum atomic E-state index is 5.59. The summed E-state index contributed by atoms with van der Waals surface area (Å²) in [7, 11) is 1.99. The zero-order valence-electron chi connectivity index (χ0n) is 11.1. The number of ether oxygens (including phenoxy) is 1. The molecule has 1 aliphatic rings. The van der Waals surface area contributed by atoms with Crippen LogP contribution < -0.4 is 10.2 Å². The number of nitrogens with one attached hydrogen (secondary N) is 1. The number of anilines is 1. The first kappa shape index (κ1) is 13.8. The quantitative estimate of drug-likeness (QED) is 0.925. The monoisotopic (exact) mass is 312 g/mol. The topological polar surface area (TPSA) is 24.5 Å². The van der Waals surface area contributed by atoms with Gasteiger partial charge in [-0.25, -0.2) is 0 Å². The van der Waals surface area contributed by atoms with Gasteiger partial charge in [0.2, 0.25) is 0 Å². The lowest BCUT2D eigenvalue weighted by atomic mass is 10.1. The number of hydrogen-bond acceptors (Lipinski definition) is 3. The van der Waals surface area contributed by atoms with E-state index in [9.17, 15) is 0 Å². The van der Waals surface area contributed by atoms with Crippen molar-refractivity contribution in [1.82, 2.24) is 5.32 Å². The highest BCUT2D eigenvalue weighted by molar-refractivity contribution is 9.10. The van der Waals surface area contributed by atoms with Crippen LogP contribution in [0.15, 0.2) is 22.7 Å². The molecule has 0 radical (unpaired) electrons. The van der Waals surface area contributed by atoms with Crippen molar-refractivity contribution in [2.45, 2.75) is 25.9 Å². The summed E-state index contributed by atoms with van der Waals surface area (Å²) in [6.45, 7) is 5.76. The van der Waals surface area contributed by atoms with Gasteiger partial charge in [0.05, 0.1) is 19.3 Å². The minimum Gasteiger partial charge on any atom is -0.377 e. The normalized spacial score (nSPS) is 20.2. The van der Waals surface area contributed by atoms with E-state index in [0.717, 1.165) is 37.2 Å². The molecule has 0 spiro atoms. The number of benzene rings is 1. The molecule has 0 bridgehead atoms. The molecular formula is C14H21BrN2O. The third-order valence-electron chi connectivity index (χ3n) is 3.42. The summed E-state index contributed by atoms with van der Waals surface area (Å²) in [5, 5.41) is 3.24. The summed E-state index contributed by atoms with van der Waals surface area (Å²) in [5.41, 5.74) is 2.68. The van der Waals surface area contributed by atoms with Crippen LogP contribution in [0.1, 0.15) is 18.9 Å². The standard InChI is InChI=1S/C14H21BrN2O/c1-3-13-10-18-7-6-17(13)14-8-12(15)5-4-11(14)9-16-2/h4-5,8,13,16H,3,6-7,9-10H2,1-2H3. The summed E-state index contributed by atoms with van der Waals surface area (Å²) in [6, 6.07) is 7.01. The minimum absolute atomic E-state index is 0.489. The summed E-state index contributed by atoms with van der Waals surface area (Å²) < 4.78 is 6.72. The summed E-state index contributed by atoms with van der Waals surface area (Å²) >= 11 is 3.58. The van der Waals surface area contributed by atoms with E-state index in [1.165, 1.54) is 11.3 Å². The number of morpholine rings is 1. The van der Waals surface area contributed by atoms with Crippen molar-refractivity contribution >= 4 is 21.6 Å². The van der Waals surface area contributed by atoms with Crippen LogP contribution in [-0.4, -0.2) is 32.8 Å². The van der Waals surface area contributed by atoms with Gasteiger partial charge in [-0.1, -0.05) is 28.9 Å². The third kappa shape index (κ3) is 3.05. The molecule has 1 saturated heterocycles. The van der Waals surface area contributed by atoms with E-state index in [4.69, 9.17) is 4.74 Å². The lowest BCUT2D eigenvalue weighted by Gasteiger charge is -2.38. The first-order valence-corrected chi connectivity index (χ1v) is 7.33. The van der Waals surface area contributed by atoms with Crippen molar-refractivity contribution in [2.75, 3.05) is 31.7 Å². The second-order valence-electron chi connectivity index (χ2n) is 4.63. The zero-order chi connectivity index (χ0) is 13.0. The van der Waals surface area contributed by atoms with E-state index in [1.54, 1.807) is 0 Å². The van der Waals surface area contributed by atoms with Crippen LogP contribution in [0.25, 0.3) is 0 Å². The van der Waals surface area contributed by atoms with E-state index in [0.29, 0.717) is 6.04 Å². The van der Waals surface area contributed by atoms with Gasteiger partial charge in [-0.2, -0.15) is 0 Å². The molecule has 0 saturated carbocycles. The molecule has 100 valence electrons. The maximum absolute atomic E-state index is 5.59. The second-order valence-corrected chi connectivity index (χ2v) is 5.55. The first-order chi connectivity index (χ1) is 8.76. The lowest BCUT2D eigenvalue weighted by molar-refractivity contribution is 0.0929. The van der Waals surface area contributed by atoms with Gasteiger partial charge in [0.25, 0.3) is 0 Å². The molecule has 0 amide bonds. The van der Waals surface area contributed by atoms with E-state index in [2.05, 4.69) is 51.3 Å². The molecule has 1 aromatic carbocycles. The molecule has 1 atom stereocenters. The van der Waals surface area contributed by atoms with Gasteiger partial charge in [0.1, 0.15) is 0 Å². The molecule has 1 N–H and O–H groups in total. The van der Waals surface area contributed by atoms with Gasteiger partial charge in [-0.3, -0.25) is 0 Å². The predicted molar refractivity (Wildman–Crippen MR) is 79.1 cm³/mol. The molecule has 3 nitrogen and oxygen atoms in total. The molecular weight excluding hydrogens is 292 g/mol. The highest BCUT2D eigenvalue weighted by Crippen LogP contribution is 2.28. The van der Waals surface area contributed by atoms with Gasteiger partial charge in [-0.15, -0.1) is 0 Å². The third-order valence-corrected chi connectivity index (χ3v) is 3.92. The largest absolute Gasteiger partial charge is 0.377 e. The zero-order valence-corrected chi connectivity index (χ0v) is 12.7. The van der Waals surface area contributed by atoms with Crippen LogP contribution in [0, 0.1) is 0 Å². The Hall–Kier alpha value is -0.580. The summed E-state index contributed by atoms with van der Waals surface area (Å²) in [6.07, 6.45) is 1.12. The van der Waals surface area contributed by atoms with Crippen LogP contribution >= 0.6 is 15.9 Å². The fourth-order valence-corrected chi connectivity index (χ4v) is 2.80. The average Bonchev–Trinajstić information content (AvgIpc) is 2.41. The number of halogens is 1. The van der Waals surface area contributed by atoms with Crippen LogP contribution in [-0.2, 0) is 11.3 Å². The molecule has 1 unspecified atom stereocenters. The number of hydrogen-bond donors (Lipinski definition) is 1. The Kier molecular flexibility index (Phi) is 5.03. The SMILES string of the molecule is CCC1COCCN1c1cc(Br)ccc1CNC. The fraction of sp³-hybridized carbons (Fsp3) is 0.571. The molecule has 2 rings (SSSR count). The summed E-state index contributed by atoms with van der Waals surface area (Å²) in [5.74, 6) is 0. The lowest BCUT2D eigenvalue weighted by Crippen LogP contribution is -2.45.